The van der Waals surface area contributed by atoms with Gasteiger partial charge in [0.2, 0.25) is 5.75 Å². The van der Waals surface area contributed by atoms with Crippen LogP contribution in [0.4, 0.5) is 0 Å². The summed E-state index contributed by atoms with van der Waals surface area (Å²) in [6.45, 7) is 0. The Labute approximate surface area is 157 Å². The van der Waals surface area contributed by atoms with Gasteiger partial charge < -0.3 is 23.5 Å². The molecule has 0 spiro atoms. The van der Waals surface area contributed by atoms with Gasteiger partial charge in [0.1, 0.15) is 0 Å². The predicted molar refractivity (Wildman–Crippen MR) is 101 cm³/mol. The number of methoxy groups -OCH3 is 4. The molecule has 8 nitrogen and oxygen atoms in total. The van der Waals surface area contributed by atoms with E-state index in [-0.39, 0.29) is 11.5 Å². The van der Waals surface area contributed by atoms with Gasteiger partial charge in [0.05, 0.1) is 28.4 Å². The fourth-order valence-electron chi connectivity index (χ4n) is 2.39. The maximum atomic E-state index is 11.1. The van der Waals surface area contributed by atoms with Crippen LogP contribution in [-0.4, -0.2) is 38.2 Å². The number of benzene rings is 2. The highest BCUT2D eigenvalue weighted by molar-refractivity contribution is 7.46. The van der Waals surface area contributed by atoms with E-state index in [4.69, 9.17) is 28.7 Å². The van der Waals surface area contributed by atoms with Crippen molar-refractivity contribution in [3.8, 4) is 28.7 Å². The van der Waals surface area contributed by atoms with Crippen molar-refractivity contribution in [1.82, 2.24) is 0 Å². The molecule has 0 atom stereocenters. The zero-order chi connectivity index (χ0) is 20.0. The largest absolute Gasteiger partial charge is 0.524 e. The molecular formula is C18H21O8P. The molecule has 2 aromatic rings. The van der Waals surface area contributed by atoms with Gasteiger partial charge in [0, 0.05) is 0 Å². The van der Waals surface area contributed by atoms with Crippen LogP contribution in [0, 0.1) is 0 Å². The van der Waals surface area contributed by atoms with Crippen LogP contribution in [0.15, 0.2) is 30.3 Å². The van der Waals surface area contributed by atoms with Gasteiger partial charge in [-0.15, -0.1) is 0 Å². The van der Waals surface area contributed by atoms with E-state index in [0.29, 0.717) is 22.8 Å². The lowest BCUT2D eigenvalue weighted by molar-refractivity contribution is 0.276. The molecular weight excluding hydrogens is 375 g/mol. The molecule has 9 heteroatoms. The first-order valence-electron chi connectivity index (χ1n) is 7.72. The van der Waals surface area contributed by atoms with Crippen molar-refractivity contribution in [2.24, 2.45) is 0 Å². The SMILES string of the molecule is COc1ccc(C=Cc2cc(OC)c(OC)c(OC)c2)cc1OP(=O)(O)O. The molecule has 0 aliphatic heterocycles. The second kappa shape index (κ2) is 8.81. The van der Waals surface area contributed by atoms with Crippen molar-refractivity contribution < 1.29 is 37.8 Å². The Bertz CT molecular complexity index is 847. The molecule has 27 heavy (non-hydrogen) atoms. The molecule has 0 aromatic heterocycles. The zero-order valence-electron chi connectivity index (χ0n) is 15.3. The Balaban J connectivity index is 2.37. The van der Waals surface area contributed by atoms with Crippen molar-refractivity contribution in [2.45, 2.75) is 0 Å². The molecule has 0 unspecified atom stereocenters. The minimum Gasteiger partial charge on any atom is -0.493 e. The first-order chi connectivity index (χ1) is 12.8. The summed E-state index contributed by atoms with van der Waals surface area (Å²) >= 11 is 0. The maximum absolute atomic E-state index is 11.1. The predicted octanol–water partition coefficient (Wildman–Crippen LogP) is 3.36. The van der Waals surface area contributed by atoms with E-state index in [1.807, 2.05) is 0 Å². The topological polar surface area (TPSA) is 104 Å². The van der Waals surface area contributed by atoms with Gasteiger partial charge in [-0.2, -0.15) is 0 Å². The van der Waals surface area contributed by atoms with E-state index in [1.54, 1.807) is 36.4 Å². The number of hydrogen-bond acceptors (Lipinski definition) is 6. The van der Waals surface area contributed by atoms with Crippen LogP contribution in [0.25, 0.3) is 12.2 Å². The van der Waals surface area contributed by atoms with Gasteiger partial charge in [-0.05, 0) is 35.4 Å². The van der Waals surface area contributed by atoms with Crippen LogP contribution in [0.1, 0.15) is 11.1 Å². The standard InChI is InChI=1S/C18H21O8P/c1-22-14-8-7-12(9-15(14)26-27(19,20)21)5-6-13-10-16(23-2)18(25-4)17(11-13)24-3/h5-11H,1-4H3,(H2,19,20,21). The summed E-state index contributed by atoms with van der Waals surface area (Å²) in [5.74, 6) is 1.66. The Morgan fingerprint density at radius 1 is 0.741 bits per heavy atom. The summed E-state index contributed by atoms with van der Waals surface area (Å²) in [6, 6.07) is 8.29. The average Bonchev–Trinajstić information content (AvgIpc) is 2.64. The molecule has 0 saturated carbocycles. The lowest BCUT2D eigenvalue weighted by Crippen LogP contribution is -1.95. The van der Waals surface area contributed by atoms with Crippen LogP contribution in [0.5, 0.6) is 28.7 Å². The summed E-state index contributed by atoms with van der Waals surface area (Å²) in [6.07, 6.45) is 3.53. The molecule has 2 N–H and O–H groups in total. The quantitative estimate of drug-likeness (QED) is 0.517. The van der Waals surface area contributed by atoms with Crippen LogP contribution in [-0.2, 0) is 4.57 Å². The molecule has 0 aliphatic carbocycles. The van der Waals surface area contributed by atoms with Crippen molar-refractivity contribution >= 4 is 20.0 Å². The highest BCUT2D eigenvalue weighted by Crippen LogP contribution is 2.42. The maximum Gasteiger partial charge on any atom is 0.524 e. The molecule has 2 aromatic carbocycles. The summed E-state index contributed by atoms with van der Waals surface area (Å²) in [5, 5.41) is 0. The first kappa shape index (κ1) is 20.6. The van der Waals surface area contributed by atoms with E-state index in [9.17, 15) is 4.57 Å². The van der Waals surface area contributed by atoms with E-state index >= 15 is 0 Å². The molecule has 0 bridgehead atoms. The second-order valence-electron chi connectivity index (χ2n) is 5.28. The third-order valence-electron chi connectivity index (χ3n) is 3.56. The minimum atomic E-state index is -4.71. The van der Waals surface area contributed by atoms with Gasteiger partial charge in [-0.25, -0.2) is 4.57 Å². The monoisotopic (exact) mass is 396 g/mol. The second-order valence-corrected chi connectivity index (χ2v) is 6.45. The van der Waals surface area contributed by atoms with E-state index in [0.717, 1.165) is 5.56 Å². The van der Waals surface area contributed by atoms with Crippen LogP contribution < -0.4 is 23.5 Å². The van der Waals surface area contributed by atoms with Gasteiger partial charge in [0.15, 0.2) is 23.0 Å². The van der Waals surface area contributed by atoms with Crippen LogP contribution >= 0.6 is 7.82 Å². The summed E-state index contributed by atoms with van der Waals surface area (Å²) in [7, 11) is 1.26. The normalized spacial score (nSPS) is 11.3. The van der Waals surface area contributed by atoms with Gasteiger partial charge in [-0.3, -0.25) is 9.79 Å². The van der Waals surface area contributed by atoms with Crippen molar-refractivity contribution in [3.05, 3.63) is 41.5 Å². The number of hydrogen-bond donors (Lipinski definition) is 2. The fourth-order valence-corrected chi connectivity index (χ4v) is 2.79. The Hall–Kier alpha value is -2.67. The van der Waals surface area contributed by atoms with Crippen molar-refractivity contribution in [1.29, 1.82) is 0 Å². The highest BCUT2D eigenvalue weighted by Gasteiger charge is 2.19. The molecule has 2 rings (SSSR count). The van der Waals surface area contributed by atoms with E-state index in [2.05, 4.69) is 4.52 Å². The number of rotatable bonds is 8. The zero-order valence-corrected chi connectivity index (χ0v) is 16.2. The number of ether oxygens (including phenoxy) is 4. The van der Waals surface area contributed by atoms with Gasteiger partial charge in [0.25, 0.3) is 0 Å². The molecule has 146 valence electrons. The first-order valence-corrected chi connectivity index (χ1v) is 9.25. The highest BCUT2D eigenvalue weighted by atomic mass is 31.2. The number of phosphoric ester groups is 1. The fraction of sp³-hybridized carbons (Fsp3) is 0.222. The van der Waals surface area contributed by atoms with E-state index < -0.39 is 7.82 Å². The average molecular weight is 396 g/mol. The minimum absolute atomic E-state index is 0.0575. The summed E-state index contributed by atoms with van der Waals surface area (Å²) < 4.78 is 36.8. The summed E-state index contributed by atoms with van der Waals surface area (Å²) in [4.78, 5) is 18.1. The van der Waals surface area contributed by atoms with E-state index in [1.165, 1.54) is 34.5 Å². The third-order valence-corrected chi connectivity index (χ3v) is 3.99. The lowest BCUT2D eigenvalue weighted by Gasteiger charge is -2.13. The Kier molecular flexibility index (Phi) is 6.74. The van der Waals surface area contributed by atoms with Crippen LogP contribution in [0.2, 0.25) is 0 Å². The summed E-state index contributed by atoms with van der Waals surface area (Å²) in [5.41, 5.74) is 1.42. The van der Waals surface area contributed by atoms with Gasteiger partial charge in [-0.1, -0.05) is 18.2 Å². The van der Waals surface area contributed by atoms with Gasteiger partial charge >= 0.3 is 7.82 Å². The molecule has 0 amide bonds. The molecule has 0 radical (unpaired) electrons. The smallest absolute Gasteiger partial charge is 0.493 e. The lowest BCUT2D eigenvalue weighted by atomic mass is 10.1. The molecule has 0 saturated heterocycles. The molecule has 0 fully saturated rings. The van der Waals surface area contributed by atoms with Crippen molar-refractivity contribution in [2.75, 3.05) is 28.4 Å². The third kappa shape index (κ3) is 5.40. The Morgan fingerprint density at radius 2 is 1.26 bits per heavy atom. The molecule has 0 heterocycles. The molecule has 0 aliphatic rings. The Morgan fingerprint density at radius 3 is 1.74 bits per heavy atom. The van der Waals surface area contributed by atoms with Crippen LogP contribution in [0.3, 0.4) is 0 Å². The van der Waals surface area contributed by atoms with Crippen molar-refractivity contribution in [3.63, 3.8) is 0 Å². The number of phosphoric acid groups is 1.